The standard InChI is InChI=1S/C26H22N4O5/c1-3-34-22-10-5-4-9-20(22)23-28-24(35-29-23)17-11-12-19-21(14-17)27-26(32)30(25(19)31)15-16-7-6-8-18(13-16)33-2/h4-14H,3,15H2,1-2H3,(H,27,32). The number of methoxy groups -OCH3 is 1. The third kappa shape index (κ3) is 4.31. The Morgan fingerprint density at radius 1 is 1.03 bits per heavy atom. The van der Waals surface area contributed by atoms with Gasteiger partial charge in [-0.1, -0.05) is 29.4 Å². The summed E-state index contributed by atoms with van der Waals surface area (Å²) >= 11 is 0. The maximum absolute atomic E-state index is 13.1. The van der Waals surface area contributed by atoms with Gasteiger partial charge in [0.25, 0.3) is 11.4 Å². The fourth-order valence-electron chi connectivity index (χ4n) is 3.87. The van der Waals surface area contributed by atoms with Gasteiger partial charge in [0.05, 0.1) is 36.7 Å². The van der Waals surface area contributed by atoms with Gasteiger partial charge in [-0.2, -0.15) is 4.98 Å². The summed E-state index contributed by atoms with van der Waals surface area (Å²) < 4.78 is 17.5. The molecule has 1 N–H and O–H groups in total. The molecule has 2 heterocycles. The third-order valence-electron chi connectivity index (χ3n) is 5.56. The molecule has 0 aliphatic heterocycles. The van der Waals surface area contributed by atoms with E-state index in [4.69, 9.17) is 14.0 Å². The van der Waals surface area contributed by atoms with Gasteiger partial charge in [-0.15, -0.1) is 0 Å². The zero-order chi connectivity index (χ0) is 24.4. The number of aromatic nitrogens is 4. The molecule has 9 heteroatoms. The Morgan fingerprint density at radius 2 is 1.89 bits per heavy atom. The van der Waals surface area contributed by atoms with Crippen molar-refractivity contribution < 1.29 is 14.0 Å². The molecular formula is C26H22N4O5. The van der Waals surface area contributed by atoms with Crippen LogP contribution in [0.1, 0.15) is 12.5 Å². The van der Waals surface area contributed by atoms with E-state index in [-0.39, 0.29) is 12.4 Å². The number of aromatic amines is 1. The number of hydrogen-bond acceptors (Lipinski definition) is 7. The number of nitrogens with one attached hydrogen (secondary N) is 1. The lowest BCUT2D eigenvalue weighted by Gasteiger charge is -2.08. The van der Waals surface area contributed by atoms with Gasteiger partial charge < -0.3 is 19.0 Å². The maximum atomic E-state index is 13.1. The first kappa shape index (κ1) is 22.1. The molecule has 0 aliphatic carbocycles. The van der Waals surface area contributed by atoms with E-state index in [1.54, 1.807) is 37.4 Å². The predicted molar refractivity (Wildman–Crippen MR) is 131 cm³/mol. The van der Waals surface area contributed by atoms with Crippen LogP contribution >= 0.6 is 0 Å². The van der Waals surface area contributed by atoms with E-state index in [0.717, 1.165) is 10.1 Å². The minimum absolute atomic E-state index is 0.120. The Balaban J connectivity index is 1.50. The fourth-order valence-corrected chi connectivity index (χ4v) is 3.87. The monoisotopic (exact) mass is 470 g/mol. The van der Waals surface area contributed by atoms with Crippen molar-refractivity contribution in [3.05, 3.63) is 93.1 Å². The summed E-state index contributed by atoms with van der Waals surface area (Å²) in [6.07, 6.45) is 0. The second kappa shape index (κ2) is 9.30. The summed E-state index contributed by atoms with van der Waals surface area (Å²) in [5.74, 6) is 1.95. The van der Waals surface area contributed by atoms with Crippen LogP contribution in [0.4, 0.5) is 0 Å². The molecule has 176 valence electrons. The summed E-state index contributed by atoms with van der Waals surface area (Å²) in [5.41, 5.74) is 1.53. The van der Waals surface area contributed by atoms with E-state index in [9.17, 15) is 9.59 Å². The lowest BCUT2D eigenvalue weighted by atomic mass is 10.1. The molecule has 0 bridgehead atoms. The van der Waals surface area contributed by atoms with Gasteiger partial charge >= 0.3 is 5.69 Å². The average Bonchev–Trinajstić information content (AvgIpc) is 3.37. The number of rotatable bonds is 7. The smallest absolute Gasteiger partial charge is 0.329 e. The molecule has 5 rings (SSSR count). The highest BCUT2D eigenvalue weighted by molar-refractivity contribution is 5.82. The number of H-pyrrole nitrogens is 1. The van der Waals surface area contributed by atoms with Crippen molar-refractivity contribution in [1.82, 2.24) is 19.7 Å². The molecular weight excluding hydrogens is 448 g/mol. The minimum atomic E-state index is -0.515. The Morgan fingerprint density at radius 3 is 2.71 bits per heavy atom. The molecule has 3 aromatic carbocycles. The first-order valence-electron chi connectivity index (χ1n) is 11.0. The highest BCUT2D eigenvalue weighted by Crippen LogP contribution is 2.30. The van der Waals surface area contributed by atoms with Crippen LogP contribution in [0, 0.1) is 0 Å². The topological polar surface area (TPSA) is 112 Å². The second-order valence-electron chi connectivity index (χ2n) is 7.79. The molecule has 0 amide bonds. The van der Waals surface area contributed by atoms with Crippen molar-refractivity contribution in [1.29, 1.82) is 0 Å². The Bertz CT molecular complexity index is 1630. The Kier molecular flexibility index (Phi) is 5.88. The van der Waals surface area contributed by atoms with Crippen LogP contribution in [0.3, 0.4) is 0 Å². The van der Waals surface area contributed by atoms with E-state index in [0.29, 0.717) is 46.0 Å². The largest absolute Gasteiger partial charge is 0.497 e. The molecule has 5 aromatic rings. The summed E-state index contributed by atoms with van der Waals surface area (Å²) in [6.45, 7) is 2.53. The molecule has 9 nitrogen and oxygen atoms in total. The SMILES string of the molecule is CCOc1ccccc1-c1noc(-c2ccc3c(=O)n(Cc4cccc(OC)c4)c(=O)[nH]c3c2)n1. The quantitative estimate of drug-likeness (QED) is 0.384. The summed E-state index contributed by atoms with van der Waals surface area (Å²) in [5, 5.41) is 4.45. The first-order chi connectivity index (χ1) is 17.1. The molecule has 0 fully saturated rings. The van der Waals surface area contributed by atoms with Gasteiger partial charge in [0, 0.05) is 5.56 Å². The van der Waals surface area contributed by atoms with Crippen LogP contribution in [0.5, 0.6) is 11.5 Å². The van der Waals surface area contributed by atoms with Crippen LogP contribution in [0.15, 0.2) is 80.8 Å². The van der Waals surface area contributed by atoms with E-state index in [2.05, 4.69) is 15.1 Å². The van der Waals surface area contributed by atoms with Crippen molar-refractivity contribution in [2.75, 3.05) is 13.7 Å². The minimum Gasteiger partial charge on any atom is -0.497 e. The number of ether oxygens (including phenoxy) is 2. The Hall–Kier alpha value is -4.66. The normalized spacial score (nSPS) is 11.0. The summed E-state index contributed by atoms with van der Waals surface area (Å²) in [6, 6.07) is 19.7. The second-order valence-corrected chi connectivity index (χ2v) is 7.79. The van der Waals surface area contributed by atoms with Gasteiger partial charge in [0.2, 0.25) is 5.82 Å². The van der Waals surface area contributed by atoms with Crippen molar-refractivity contribution in [3.63, 3.8) is 0 Å². The van der Waals surface area contributed by atoms with Gasteiger partial charge in [-0.25, -0.2) is 4.79 Å². The molecule has 0 saturated heterocycles. The molecule has 2 aromatic heterocycles. The van der Waals surface area contributed by atoms with Crippen LogP contribution < -0.4 is 20.7 Å². The van der Waals surface area contributed by atoms with Crippen molar-refractivity contribution in [2.45, 2.75) is 13.5 Å². The van der Waals surface area contributed by atoms with Gasteiger partial charge in [-0.05, 0) is 55.0 Å². The number of fused-ring (bicyclic) bond motifs is 1. The summed E-state index contributed by atoms with van der Waals surface area (Å²) in [7, 11) is 1.57. The van der Waals surface area contributed by atoms with E-state index < -0.39 is 11.2 Å². The lowest BCUT2D eigenvalue weighted by Crippen LogP contribution is -2.35. The maximum Gasteiger partial charge on any atom is 0.329 e. The number of nitrogens with zero attached hydrogens (tertiary/aromatic N) is 3. The highest BCUT2D eigenvalue weighted by atomic mass is 16.5. The number of hydrogen-bond donors (Lipinski definition) is 1. The zero-order valence-corrected chi connectivity index (χ0v) is 19.1. The molecule has 0 unspecified atom stereocenters. The molecule has 0 radical (unpaired) electrons. The molecule has 0 saturated carbocycles. The van der Waals surface area contributed by atoms with Crippen LogP contribution in [-0.4, -0.2) is 33.4 Å². The molecule has 0 aliphatic rings. The predicted octanol–water partition coefficient (Wildman–Crippen LogP) is 3.86. The summed E-state index contributed by atoms with van der Waals surface area (Å²) in [4.78, 5) is 33.1. The van der Waals surface area contributed by atoms with Gasteiger partial charge in [0.1, 0.15) is 11.5 Å². The third-order valence-corrected chi connectivity index (χ3v) is 5.56. The van der Waals surface area contributed by atoms with E-state index in [1.165, 1.54) is 0 Å². The van der Waals surface area contributed by atoms with Gasteiger partial charge in [-0.3, -0.25) is 9.36 Å². The van der Waals surface area contributed by atoms with Gasteiger partial charge in [0.15, 0.2) is 0 Å². The van der Waals surface area contributed by atoms with Crippen molar-refractivity contribution in [2.24, 2.45) is 0 Å². The first-order valence-corrected chi connectivity index (χ1v) is 11.0. The zero-order valence-electron chi connectivity index (χ0n) is 19.1. The highest BCUT2D eigenvalue weighted by Gasteiger charge is 2.16. The average molecular weight is 470 g/mol. The number of benzene rings is 3. The van der Waals surface area contributed by atoms with Crippen LogP contribution in [0.25, 0.3) is 33.7 Å². The Labute approximate surface area is 199 Å². The molecule has 35 heavy (non-hydrogen) atoms. The van der Waals surface area contributed by atoms with E-state index >= 15 is 0 Å². The van der Waals surface area contributed by atoms with Crippen molar-refractivity contribution in [3.8, 4) is 34.3 Å². The molecule has 0 spiro atoms. The number of para-hydroxylation sites is 1. The van der Waals surface area contributed by atoms with Crippen LogP contribution in [-0.2, 0) is 6.54 Å². The van der Waals surface area contributed by atoms with Crippen LogP contribution in [0.2, 0.25) is 0 Å². The fraction of sp³-hybridized carbons (Fsp3) is 0.154. The van der Waals surface area contributed by atoms with Crippen molar-refractivity contribution >= 4 is 10.9 Å². The van der Waals surface area contributed by atoms with E-state index in [1.807, 2.05) is 43.3 Å². The lowest BCUT2D eigenvalue weighted by molar-refractivity contribution is 0.341. The molecule has 0 atom stereocenters.